The molecule has 28 heavy (non-hydrogen) atoms. The van der Waals surface area contributed by atoms with Gasteiger partial charge in [-0.2, -0.15) is 0 Å². The van der Waals surface area contributed by atoms with Gasteiger partial charge in [0.15, 0.2) is 0 Å². The first-order valence-electron chi connectivity index (χ1n) is 8.67. The molecule has 0 heterocycles. The fourth-order valence-electron chi connectivity index (χ4n) is 2.32. The van der Waals surface area contributed by atoms with Gasteiger partial charge in [-0.1, -0.05) is 18.2 Å². The van der Waals surface area contributed by atoms with E-state index in [0.717, 1.165) is 6.08 Å². The SMILES string of the molecule is CCOC(=O)/C=C/C[C@@H](NC(=O)[C@@H](Cc1ccc(F)cc1)NC(C)=O)C(N)=O. The molecule has 8 nitrogen and oxygen atoms in total. The van der Waals surface area contributed by atoms with Gasteiger partial charge < -0.3 is 21.1 Å². The van der Waals surface area contributed by atoms with Gasteiger partial charge in [0.25, 0.3) is 0 Å². The smallest absolute Gasteiger partial charge is 0.330 e. The highest BCUT2D eigenvalue weighted by molar-refractivity contribution is 5.91. The van der Waals surface area contributed by atoms with E-state index in [1.54, 1.807) is 6.92 Å². The fraction of sp³-hybridized carbons (Fsp3) is 0.368. The third-order valence-corrected chi connectivity index (χ3v) is 3.62. The van der Waals surface area contributed by atoms with Crippen LogP contribution in [-0.4, -0.2) is 42.4 Å². The molecule has 0 spiro atoms. The van der Waals surface area contributed by atoms with Gasteiger partial charge in [-0.25, -0.2) is 9.18 Å². The molecule has 3 amide bonds. The second kappa shape index (κ2) is 11.5. The van der Waals surface area contributed by atoms with Gasteiger partial charge in [0, 0.05) is 19.4 Å². The van der Waals surface area contributed by atoms with Crippen molar-refractivity contribution < 1.29 is 28.3 Å². The van der Waals surface area contributed by atoms with Gasteiger partial charge in [-0.05, 0) is 31.0 Å². The second-order valence-corrected chi connectivity index (χ2v) is 5.94. The minimum absolute atomic E-state index is 0.0246. The van der Waals surface area contributed by atoms with Crippen LogP contribution in [-0.2, 0) is 30.3 Å². The van der Waals surface area contributed by atoms with E-state index in [1.807, 2.05) is 0 Å². The standard InChI is InChI=1S/C19H24FN3O5/c1-3-28-17(25)6-4-5-15(18(21)26)23-19(27)16(22-12(2)24)11-13-7-9-14(20)10-8-13/h4,6-10,15-16H,3,5,11H2,1-2H3,(H2,21,26)(H,22,24)(H,23,27)/b6-4+/t15-,16-/m1/s1. The van der Waals surface area contributed by atoms with Gasteiger partial charge in [0.2, 0.25) is 17.7 Å². The number of rotatable bonds is 10. The Bertz CT molecular complexity index is 734. The number of nitrogens with one attached hydrogen (secondary N) is 2. The first-order chi connectivity index (χ1) is 13.2. The molecule has 0 aliphatic rings. The van der Waals surface area contributed by atoms with E-state index in [1.165, 1.54) is 37.3 Å². The van der Waals surface area contributed by atoms with Crippen LogP contribution in [0.5, 0.6) is 0 Å². The third kappa shape index (κ3) is 8.43. The molecule has 0 unspecified atom stereocenters. The van der Waals surface area contributed by atoms with E-state index < -0.39 is 41.6 Å². The summed E-state index contributed by atoms with van der Waals surface area (Å²) >= 11 is 0. The summed E-state index contributed by atoms with van der Waals surface area (Å²) in [5.41, 5.74) is 5.92. The topological polar surface area (TPSA) is 128 Å². The zero-order valence-corrected chi connectivity index (χ0v) is 15.7. The summed E-state index contributed by atoms with van der Waals surface area (Å²) in [6.45, 7) is 3.11. The van der Waals surface area contributed by atoms with Gasteiger partial charge in [0.05, 0.1) is 6.61 Å². The summed E-state index contributed by atoms with van der Waals surface area (Å²) in [5, 5.41) is 4.94. The molecule has 1 aromatic rings. The quantitative estimate of drug-likeness (QED) is 0.390. The molecule has 0 radical (unpaired) electrons. The zero-order chi connectivity index (χ0) is 21.1. The molecular weight excluding hydrogens is 369 g/mol. The summed E-state index contributed by atoms with van der Waals surface area (Å²) in [4.78, 5) is 46.9. The van der Waals surface area contributed by atoms with Crippen LogP contribution in [0.1, 0.15) is 25.8 Å². The fourth-order valence-corrected chi connectivity index (χ4v) is 2.32. The van der Waals surface area contributed by atoms with Crippen molar-refractivity contribution >= 4 is 23.7 Å². The lowest BCUT2D eigenvalue weighted by Gasteiger charge is -2.21. The maximum absolute atomic E-state index is 13.0. The number of carbonyl (C=O) groups is 4. The van der Waals surface area contributed by atoms with Gasteiger partial charge >= 0.3 is 5.97 Å². The molecule has 0 aliphatic heterocycles. The maximum atomic E-state index is 13.0. The van der Waals surface area contributed by atoms with Crippen molar-refractivity contribution in [3.8, 4) is 0 Å². The molecule has 9 heteroatoms. The minimum atomic E-state index is -1.08. The van der Waals surface area contributed by atoms with Crippen molar-refractivity contribution in [3.63, 3.8) is 0 Å². The Hall–Kier alpha value is -3.23. The second-order valence-electron chi connectivity index (χ2n) is 5.94. The van der Waals surface area contributed by atoms with Crippen molar-refractivity contribution in [2.24, 2.45) is 5.73 Å². The van der Waals surface area contributed by atoms with Gasteiger partial charge in [-0.3, -0.25) is 14.4 Å². The molecule has 2 atom stereocenters. The first-order valence-corrected chi connectivity index (χ1v) is 8.67. The Labute approximate surface area is 162 Å². The molecule has 4 N–H and O–H groups in total. The van der Waals surface area contributed by atoms with E-state index >= 15 is 0 Å². The summed E-state index contributed by atoms with van der Waals surface area (Å²) in [6.07, 6.45) is 2.57. The molecule has 1 aromatic carbocycles. The maximum Gasteiger partial charge on any atom is 0.330 e. The lowest BCUT2D eigenvalue weighted by molar-refractivity contribution is -0.137. The van der Waals surface area contributed by atoms with Crippen LogP contribution in [0.25, 0.3) is 0 Å². The number of hydrogen-bond acceptors (Lipinski definition) is 5. The number of nitrogens with two attached hydrogens (primary N) is 1. The van der Waals surface area contributed by atoms with E-state index in [4.69, 9.17) is 10.5 Å². The van der Waals surface area contributed by atoms with Crippen LogP contribution in [0.2, 0.25) is 0 Å². The van der Waals surface area contributed by atoms with Crippen LogP contribution >= 0.6 is 0 Å². The van der Waals surface area contributed by atoms with Crippen molar-refractivity contribution in [2.75, 3.05) is 6.61 Å². The average Bonchev–Trinajstić information content (AvgIpc) is 2.61. The van der Waals surface area contributed by atoms with Crippen molar-refractivity contribution in [2.45, 2.75) is 38.8 Å². The Morgan fingerprint density at radius 3 is 2.32 bits per heavy atom. The normalized spacial score (nSPS) is 12.8. The molecule has 0 aliphatic carbocycles. The molecule has 0 fully saturated rings. The van der Waals surface area contributed by atoms with E-state index in [0.29, 0.717) is 5.56 Å². The lowest BCUT2D eigenvalue weighted by Crippen LogP contribution is -2.53. The summed E-state index contributed by atoms with van der Waals surface area (Å²) in [6, 6.07) is 3.40. The number of halogens is 1. The number of amides is 3. The minimum Gasteiger partial charge on any atom is -0.463 e. The van der Waals surface area contributed by atoms with Crippen molar-refractivity contribution in [3.05, 3.63) is 47.8 Å². The van der Waals surface area contributed by atoms with E-state index in [2.05, 4.69) is 10.6 Å². The third-order valence-electron chi connectivity index (χ3n) is 3.62. The monoisotopic (exact) mass is 393 g/mol. The Kier molecular flexibility index (Phi) is 9.35. The Balaban J connectivity index is 2.81. The predicted molar refractivity (Wildman–Crippen MR) is 99.2 cm³/mol. The van der Waals surface area contributed by atoms with Crippen LogP contribution in [0.4, 0.5) is 4.39 Å². The molecule has 0 aromatic heterocycles. The first kappa shape index (κ1) is 22.8. The van der Waals surface area contributed by atoms with E-state index in [-0.39, 0.29) is 19.4 Å². The Morgan fingerprint density at radius 1 is 1.14 bits per heavy atom. The lowest BCUT2D eigenvalue weighted by atomic mass is 10.0. The van der Waals surface area contributed by atoms with Gasteiger partial charge in [-0.15, -0.1) is 0 Å². The zero-order valence-electron chi connectivity index (χ0n) is 15.7. The van der Waals surface area contributed by atoms with Crippen LogP contribution in [0.15, 0.2) is 36.4 Å². The number of benzene rings is 1. The summed E-state index contributed by atoms with van der Waals surface area (Å²) in [5.74, 6) is -2.88. The highest BCUT2D eigenvalue weighted by Crippen LogP contribution is 2.07. The predicted octanol–water partition coefficient (Wildman–Crippen LogP) is 0.352. The summed E-state index contributed by atoms with van der Waals surface area (Å²) < 4.78 is 17.8. The number of hydrogen-bond donors (Lipinski definition) is 3. The molecule has 152 valence electrons. The Morgan fingerprint density at radius 2 is 1.79 bits per heavy atom. The van der Waals surface area contributed by atoms with Crippen LogP contribution in [0, 0.1) is 5.82 Å². The number of esters is 1. The molecule has 0 saturated heterocycles. The summed E-state index contributed by atoms with van der Waals surface area (Å²) in [7, 11) is 0. The largest absolute Gasteiger partial charge is 0.463 e. The number of carbonyl (C=O) groups excluding carboxylic acids is 4. The van der Waals surface area contributed by atoms with Crippen LogP contribution in [0.3, 0.4) is 0 Å². The van der Waals surface area contributed by atoms with E-state index in [9.17, 15) is 23.6 Å². The van der Waals surface area contributed by atoms with Crippen molar-refractivity contribution in [1.82, 2.24) is 10.6 Å². The number of ether oxygens (including phenoxy) is 1. The molecule has 1 rings (SSSR count). The highest BCUT2D eigenvalue weighted by Gasteiger charge is 2.24. The van der Waals surface area contributed by atoms with Gasteiger partial charge in [0.1, 0.15) is 17.9 Å². The van der Waals surface area contributed by atoms with Crippen LogP contribution < -0.4 is 16.4 Å². The van der Waals surface area contributed by atoms with Crippen molar-refractivity contribution in [1.29, 1.82) is 0 Å². The average molecular weight is 393 g/mol. The molecule has 0 saturated carbocycles. The molecular formula is C19H24FN3O5. The number of primary amides is 1. The molecule has 0 bridgehead atoms. The highest BCUT2D eigenvalue weighted by atomic mass is 19.1.